The van der Waals surface area contributed by atoms with Crippen LogP contribution in [0.1, 0.15) is 23.2 Å². The summed E-state index contributed by atoms with van der Waals surface area (Å²) in [5.41, 5.74) is 6.31. The zero-order valence-corrected chi connectivity index (χ0v) is 9.27. The molecule has 1 fully saturated rings. The summed E-state index contributed by atoms with van der Waals surface area (Å²) in [6.07, 6.45) is 1.75. The molecule has 1 aliphatic carbocycles. The molecule has 86 valence electrons. The molecule has 1 aliphatic rings. The highest BCUT2D eigenvalue weighted by Gasteiger charge is 2.27. The summed E-state index contributed by atoms with van der Waals surface area (Å²) in [4.78, 5) is 11.8. The van der Waals surface area contributed by atoms with Crippen molar-refractivity contribution in [3.8, 4) is 5.75 Å². The molecule has 0 aliphatic heterocycles. The third kappa shape index (κ3) is 2.33. The van der Waals surface area contributed by atoms with Crippen molar-refractivity contribution in [2.45, 2.75) is 24.9 Å². The summed E-state index contributed by atoms with van der Waals surface area (Å²) in [5.74, 6) is 0.710. The number of amides is 1. The Balaban J connectivity index is 1.93. The Morgan fingerprint density at radius 3 is 2.50 bits per heavy atom. The number of ether oxygens (including phenoxy) is 1. The molecular weight excluding hydrogens is 204 g/mol. The second kappa shape index (κ2) is 4.53. The van der Waals surface area contributed by atoms with Crippen molar-refractivity contribution in [3.63, 3.8) is 0 Å². The van der Waals surface area contributed by atoms with Crippen LogP contribution in [0.2, 0.25) is 0 Å². The van der Waals surface area contributed by atoms with Gasteiger partial charge in [-0.2, -0.15) is 0 Å². The van der Waals surface area contributed by atoms with Gasteiger partial charge in [0, 0.05) is 17.6 Å². The number of nitrogens with one attached hydrogen (secondary N) is 1. The first-order chi connectivity index (χ1) is 7.69. The number of methoxy groups -OCH3 is 1. The Hall–Kier alpha value is -1.55. The molecule has 0 saturated heterocycles. The van der Waals surface area contributed by atoms with Crippen molar-refractivity contribution in [2.75, 3.05) is 7.11 Å². The molecule has 2 rings (SSSR count). The lowest BCUT2D eigenvalue weighted by molar-refractivity contribution is 0.0910. The molecule has 1 aromatic rings. The minimum Gasteiger partial charge on any atom is -0.497 e. The number of rotatable bonds is 3. The second-order valence-electron chi connectivity index (χ2n) is 4.13. The van der Waals surface area contributed by atoms with E-state index in [4.69, 9.17) is 10.5 Å². The van der Waals surface area contributed by atoms with Gasteiger partial charge in [-0.25, -0.2) is 0 Å². The monoisotopic (exact) mass is 220 g/mol. The number of benzene rings is 1. The van der Waals surface area contributed by atoms with Gasteiger partial charge in [0.1, 0.15) is 5.75 Å². The van der Waals surface area contributed by atoms with Gasteiger partial charge in [0.05, 0.1) is 7.11 Å². The molecule has 0 unspecified atom stereocenters. The first kappa shape index (κ1) is 11.0. The molecule has 1 saturated carbocycles. The van der Waals surface area contributed by atoms with Crippen molar-refractivity contribution in [3.05, 3.63) is 29.8 Å². The van der Waals surface area contributed by atoms with Gasteiger partial charge in [-0.15, -0.1) is 0 Å². The van der Waals surface area contributed by atoms with E-state index >= 15 is 0 Å². The zero-order chi connectivity index (χ0) is 11.5. The summed E-state index contributed by atoms with van der Waals surface area (Å²) in [6.45, 7) is 0. The molecule has 0 bridgehead atoms. The molecule has 0 spiro atoms. The predicted molar refractivity (Wildman–Crippen MR) is 61.5 cm³/mol. The molecule has 4 nitrogen and oxygen atoms in total. The highest BCUT2D eigenvalue weighted by atomic mass is 16.5. The zero-order valence-electron chi connectivity index (χ0n) is 9.27. The SMILES string of the molecule is COc1ccc(C(=O)NC2CC(N)C2)cc1. The minimum absolute atomic E-state index is 0.0421. The van der Waals surface area contributed by atoms with Crippen molar-refractivity contribution < 1.29 is 9.53 Å². The molecule has 0 radical (unpaired) electrons. The molecule has 1 amide bonds. The second-order valence-corrected chi connectivity index (χ2v) is 4.13. The fraction of sp³-hybridized carbons (Fsp3) is 0.417. The lowest BCUT2D eigenvalue weighted by Gasteiger charge is -2.32. The van der Waals surface area contributed by atoms with Crippen LogP contribution < -0.4 is 15.8 Å². The third-order valence-corrected chi connectivity index (χ3v) is 2.86. The van der Waals surface area contributed by atoms with Gasteiger partial charge >= 0.3 is 0 Å². The van der Waals surface area contributed by atoms with E-state index in [0.29, 0.717) is 5.56 Å². The van der Waals surface area contributed by atoms with E-state index in [-0.39, 0.29) is 18.0 Å². The summed E-state index contributed by atoms with van der Waals surface area (Å²) in [7, 11) is 1.60. The maximum atomic E-state index is 11.8. The Kier molecular flexibility index (Phi) is 3.10. The van der Waals surface area contributed by atoms with Crippen LogP contribution >= 0.6 is 0 Å². The topological polar surface area (TPSA) is 64.3 Å². The molecule has 4 heteroatoms. The third-order valence-electron chi connectivity index (χ3n) is 2.86. The molecule has 3 N–H and O–H groups in total. The van der Waals surface area contributed by atoms with Crippen molar-refractivity contribution in [2.24, 2.45) is 5.73 Å². The predicted octanol–water partition coefficient (Wildman–Crippen LogP) is 0.915. The molecule has 0 atom stereocenters. The summed E-state index contributed by atoms with van der Waals surface area (Å²) in [5, 5.41) is 2.94. The maximum absolute atomic E-state index is 11.8. The molecule has 16 heavy (non-hydrogen) atoms. The normalized spacial score (nSPS) is 23.4. The van der Waals surface area contributed by atoms with E-state index in [1.165, 1.54) is 0 Å². The standard InChI is InChI=1S/C12H16N2O2/c1-16-11-4-2-8(3-5-11)12(15)14-10-6-9(13)7-10/h2-5,9-10H,6-7,13H2,1H3,(H,14,15). The number of carbonyl (C=O) groups is 1. The Bertz CT molecular complexity index is 369. The van der Waals surface area contributed by atoms with E-state index in [1.807, 2.05) is 0 Å². The number of hydrogen-bond acceptors (Lipinski definition) is 3. The Morgan fingerprint density at radius 2 is 2.00 bits per heavy atom. The van der Waals surface area contributed by atoms with E-state index in [9.17, 15) is 4.79 Å². The van der Waals surface area contributed by atoms with Crippen LogP contribution in [0.4, 0.5) is 0 Å². The number of nitrogens with two attached hydrogens (primary N) is 1. The van der Waals surface area contributed by atoms with E-state index < -0.39 is 0 Å². The summed E-state index contributed by atoms with van der Waals surface area (Å²) >= 11 is 0. The van der Waals surface area contributed by atoms with Crippen LogP contribution in [-0.2, 0) is 0 Å². The van der Waals surface area contributed by atoms with Crippen LogP contribution in [-0.4, -0.2) is 25.1 Å². The van der Waals surface area contributed by atoms with Crippen LogP contribution in [0.15, 0.2) is 24.3 Å². The van der Waals surface area contributed by atoms with Gasteiger partial charge in [-0.3, -0.25) is 4.79 Å². The van der Waals surface area contributed by atoms with Crippen molar-refractivity contribution in [1.82, 2.24) is 5.32 Å². The molecule has 1 aromatic carbocycles. The largest absolute Gasteiger partial charge is 0.497 e. The highest BCUT2D eigenvalue weighted by Crippen LogP contribution is 2.18. The number of hydrogen-bond donors (Lipinski definition) is 2. The van der Waals surface area contributed by atoms with Gasteiger partial charge < -0.3 is 15.8 Å². The number of carbonyl (C=O) groups excluding carboxylic acids is 1. The molecular formula is C12H16N2O2. The fourth-order valence-corrected chi connectivity index (χ4v) is 1.79. The van der Waals surface area contributed by atoms with Crippen LogP contribution in [0.5, 0.6) is 5.75 Å². The Morgan fingerprint density at radius 1 is 1.38 bits per heavy atom. The van der Waals surface area contributed by atoms with Crippen molar-refractivity contribution >= 4 is 5.91 Å². The lowest BCUT2D eigenvalue weighted by Crippen LogP contribution is -2.50. The van der Waals surface area contributed by atoms with Gasteiger partial charge in [-0.1, -0.05) is 0 Å². The first-order valence-electron chi connectivity index (χ1n) is 5.39. The van der Waals surface area contributed by atoms with Gasteiger partial charge in [0.15, 0.2) is 0 Å². The fourth-order valence-electron chi connectivity index (χ4n) is 1.79. The van der Waals surface area contributed by atoms with Gasteiger partial charge in [-0.05, 0) is 37.1 Å². The van der Waals surface area contributed by atoms with Gasteiger partial charge in [0.2, 0.25) is 0 Å². The average molecular weight is 220 g/mol. The lowest BCUT2D eigenvalue weighted by atomic mass is 9.87. The highest BCUT2D eigenvalue weighted by molar-refractivity contribution is 5.94. The average Bonchev–Trinajstić information content (AvgIpc) is 2.27. The summed E-state index contributed by atoms with van der Waals surface area (Å²) in [6, 6.07) is 7.56. The minimum atomic E-state index is -0.0421. The van der Waals surface area contributed by atoms with Crippen molar-refractivity contribution in [1.29, 1.82) is 0 Å². The quantitative estimate of drug-likeness (QED) is 0.796. The van der Waals surface area contributed by atoms with Crippen LogP contribution in [0.3, 0.4) is 0 Å². The Labute approximate surface area is 94.8 Å². The van der Waals surface area contributed by atoms with E-state index in [1.54, 1.807) is 31.4 Å². The van der Waals surface area contributed by atoms with E-state index in [0.717, 1.165) is 18.6 Å². The summed E-state index contributed by atoms with van der Waals surface area (Å²) < 4.78 is 5.03. The van der Waals surface area contributed by atoms with Crippen LogP contribution in [0.25, 0.3) is 0 Å². The van der Waals surface area contributed by atoms with Gasteiger partial charge in [0.25, 0.3) is 5.91 Å². The van der Waals surface area contributed by atoms with Crippen LogP contribution in [0, 0.1) is 0 Å². The maximum Gasteiger partial charge on any atom is 0.251 e. The smallest absolute Gasteiger partial charge is 0.251 e. The molecule has 0 heterocycles. The van der Waals surface area contributed by atoms with E-state index in [2.05, 4.69) is 5.32 Å². The molecule has 0 aromatic heterocycles. The first-order valence-corrected chi connectivity index (χ1v) is 5.39.